The van der Waals surface area contributed by atoms with Crippen LogP contribution < -0.4 is 9.47 Å². The van der Waals surface area contributed by atoms with E-state index in [1.807, 2.05) is 6.07 Å². The van der Waals surface area contributed by atoms with Gasteiger partial charge in [0.25, 0.3) is 5.89 Å². The number of hydrogen-bond acceptors (Lipinski definition) is 7. The smallest absolute Gasteiger partial charge is 0.338 e. The van der Waals surface area contributed by atoms with E-state index in [0.29, 0.717) is 28.5 Å². The summed E-state index contributed by atoms with van der Waals surface area (Å²) >= 11 is 2.13. The number of benzene rings is 2. The number of rotatable bonds is 6. The predicted octanol–water partition coefficient (Wildman–Crippen LogP) is 3.72. The number of hydrogen-bond donors (Lipinski definition) is 0. The summed E-state index contributed by atoms with van der Waals surface area (Å²) in [4.78, 5) is 16.3. The van der Waals surface area contributed by atoms with Gasteiger partial charge >= 0.3 is 5.97 Å². The lowest BCUT2D eigenvalue weighted by Gasteiger charge is -2.07. The zero-order valence-electron chi connectivity index (χ0n) is 14.1. The Labute approximate surface area is 163 Å². The van der Waals surface area contributed by atoms with E-state index in [0.717, 1.165) is 3.57 Å². The van der Waals surface area contributed by atoms with E-state index in [2.05, 4.69) is 32.7 Å². The first-order chi connectivity index (χ1) is 12.6. The molecule has 0 fully saturated rings. The van der Waals surface area contributed by atoms with Gasteiger partial charge in [0.05, 0.1) is 19.8 Å². The van der Waals surface area contributed by atoms with Gasteiger partial charge in [-0.3, -0.25) is 0 Å². The van der Waals surface area contributed by atoms with E-state index < -0.39 is 5.97 Å². The van der Waals surface area contributed by atoms with E-state index in [-0.39, 0.29) is 12.5 Å². The summed E-state index contributed by atoms with van der Waals surface area (Å²) in [5, 5.41) is 3.91. The van der Waals surface area contributed by atoms with Gasteiger partial charge in [0.15, 0.2) is 18.1 Å². The molecule has 0 aliphatic heterocycles. The van der Waals surface area contributed by atoms with Crippen LogP contribution in [0.5, 0.6) is 11.5 Å². The first kappa shape index (κ1) is 18.2. The molecule has 26 heavy (non-hydrogen) atoms. The quantitative estimate of drug-likeness (QED) is 0.405. The van der Waals surface area contributed by atoms with Gasteiger partial charge in [0, 0.05) is 9.13 Å². The van der Waals surface area contributed by atoms with Crippen LogP contribution in [0.15, 0.2) is 47.0 Å². The van der Waals surface area contributed by atoms with Gasteiger partial charge in [-0.05, 0) is 59.0 Å². The maximum absolute atomic E-state index is 12.1. The molecule has 0 aliphatic carbocycles. The molecule has 0 amide bonds. The van der Waals surface area contributed by atoms with Gasteiger partial charge in [0.1, 0.15) is 0 Å². The number of carbonyl (C=O) groups is 1. The van der Waals surface area contributed by atoms with E-state index >= 15 is 0 Å². The Kier molecular flexibility index (Phi) is 5.71. The summed E-state index contributed by atoms with van der Waals surface area (Å²) < 4.78 is 21.8. The lowest BCUT2D eigenvalue weighted by atomic mass is 10.2. The minimum Gasteiger partial charge on any atom is -0.493 e. The Morgan fingerprint density at radius 3 is 2.65 bits per heavy atom. The first-order valence-corrected chi connectivity index (χ1v) is 8.66. The Balaban J connectivity index is 1.69. The molecule has 0 saturated heterocycles. The summed E-state index contributed by atoms with van der Waals surface area (Å²) in [6, 6.07) is 12.4. The van der Waals surface area contributed by atoms with Crippen LogP contribution in [-0.2, 0) is 11.3 Å². The highest BCUT2D eigenvalue weighted by Gasteiger charge is 2.14. The Morgan fingerprint density at radius 2 is 1.92 bits per heavy atom. The topological polar surface area (TPSA) is 83.7 Å². The molecule has 0 aliphatic rings. The van der Waals surface area contributed by atoms with Crippen molar-refractivity contribution in [1.29, 1.82) is 0 Å². The molecule has 0 atom stereocenters. The fourth-order valence-corrected chi connectivity index (χ4v) is 2.78. The van der Waals surface area contributed by atoms with Gasteiger partial charge in [-0.25, -0.2) is 4.79 Å². The average molecular weight is 466 g/mol. The third-order valence-corrected chi connectivity index (χ3v) is 4.17. The van der Waals surface area contributed by atoms with Crippen LogP contribution in [-0.4, -0.2) is 30.3 Å². The van der Waals surface area contributed by atoms with Crippen molar-refractivity contribution in [2.24, 2.45) is 0 Å². The van der Waals surface area contributed by atoms with Crippen molar-refractivity contribution < 1.29 is 23.5 Å². The molecule has 3 rings (SSSR count). The van der Waals surface area contributed by atoms with Crippen LogP contribution in [0.25, 0.3) is 11.4 Å². The highest BCUT2D eigenvalue weighted by atomic mass is 127. The molecular formula is C18H15IN2O5. The summed E-state index contributed by atoms with van der Waals surface area (Å²) in [5.74, 6) is 1.28. The van der Waals surface area contributed by atoms with Gasteiger partial charge < -0.3 is 18.7 Å². The van der Waals surface area contributed by atoms with Crippen molar-refractivity contribution in [3.63, 3.8) is 0 Å². The van der Waals surface area contributed by atoms with Gasteiger partial charge in [-0.2, -0.15) is 4.98 Å². The van der Waals surface area contributed by atoms with Crippen molar-refractivity contribution in [2.75, 3.05) is 14.2 Å². The molecule has 0 saturated carbocycles. The van der Waals surface area contributed by atoms with Gasteiger partial charge in [0.2, 0.25) is 5.82 Å². The Hall–Kier alpha value is -2.62. The van der Waals surface area contributed by atoms with Crippen LogP contribution >= 0.6 is 22.6 Å². The number of nitrogens with zero attached hydrogens (tertiary/aromatic N) is 2. The van der Waals surface area contributed by atoms with Gasteiger partial charge in [-0.15, -0.1) is 0 Å². The Bertz CT molecular complexity index is 925. The molecule has 0 radical (unpaired) electrons. The molecule has 3 aromatic rings. The maximum atomic E-state index is 12.1. The highest BCUT2D eigenvalue weighted by Crippen LogP contribution is 2.31. The molecule has 134 valence electrons. The zero-order valence-corrected chi connectivity index (χ0v) is 16.2. The summed E-state index contributed by atoms with van der Waals surface area (Å²) in [7, 11) is 3.11. The minimum absolute atomic E-state index is 0.107. The third-order valence-electron chi connectivity index (χ3n) is 3.50. The first-order valence-electron chi connectivity index (χ1n) is 7.58. The molecule has 1 heterocycles. The maximum Gasteiger partial charge on any atom is 0.338 e. The zero-order chi connectivity index (χ0) is 18.5. The molecule has 1 aromatic heterocycles. The second-order valence-electron chi connectivity index (χ2n) is 5.17. The van der Waals surface area contributed by atoms with Crippen LogP contribution in [0, 0.1) is 3.57 Å². The lowest BCUT2D eigenvalue weighted by Crippen LogP contribution is -2.05. The molecule has 0 N–H and O–H groups in total. The van der Waals surface area contributed by atoms with Crippen LogP contribution in [0.2, 0.25) is 0 Å². The fourth-order valence-electron chi connectivity index (χ4n) is 2.23. The molecule has 2 aromatic carbocycles. The SMILES string of the molecule is COc1ccc(-c2noc(COC(=O)c3cccc(I)c3)n2)cc1OC. The Morgan fingerprint density at radius 1 is 1.12 bits per heavy atom. The summed E-state index contributed by atoms with van der Waals surface area (Å²) in [6.45, 7) is -0.107. The normalized spacial score (nSPS) is 10.4. The second-order valence-corrected chi connectivity index (χ2v) is 6.41. The highest BCUT2D eigenvalue weighted by molar-refractivity contribution is 14.1. The minimum atomic E-state index is -0.450. The van der Waals surface area contributed by atoms with E-state index in [4.69, 9.17) is 18.7 Å². The molecule has 0 unspecified atom stereocenters. The van der Waals surface area contributed by atoms with Crippen LogP contribution in [0.3, 0.4) is 0 Å². The van der Waals surface area contributed by atoms with E-state index in [1.54, 1.807) is 50.6 Å². The predicted molar refractivity (Wildman–Crippen MR) is 101 cm³/mol. The van der Waals surface area contributed by atoms with Gasteiger partial charge in [-0.1, -0.05) is 11.2 Å². The van der Waals surface area contributed by atoms with Crippen molar-refractivity contribution >= 4 is 28.6 Å². The largest absolute Gasteiger partial charge is 0.493 e. The van der Waals surface area contributed by atoms with Crippen molar-refractivity contribution in [1.82, 2.24) is 10.1 Å². The molecule has 0 spiro atoms. The standard InChI is InChI=1S/C18H15IN2O5/c1-23-14-7-6-11(9-15(14)24-2)17-20-16(26-21-17)10-25-18(22)12-4-3-5-13(19)8-12/h3-9H,10H2,1-2H3. The monoisotopic (exact) mass is 466 g/mol. The average Bonchev–Trinajstić information content (AvgIpc) is 3.14. The number of aromatic nitrogens is 2. The summed E-state index contributed by atoms with van der Waals surface area (Å²) in [6.07, 6.45) is 0. The number of ether oxygens (including phenoxy) is 3. The molecule has 8 heteroatoms. The lowest BCUT2D eigenvalue weighted by molar-refractivity contribution is 0.0429. The van der Waals surface area contributed by atoms with Crippen LogP contribution in [0.4, 0.5) is 0 Å². The third kappa shape index (κ3) is 4.13. The van der Waals surface area contributed by atoms with Crippen molar-refractivity contribution in [2.45, 2.75) is 6.61 Å². The van der Waals surface area contributed by atoms with Crippen LogP contribution in [0.1, 0.15) is 16.2 Å². The van der Waals surface area contributed by atoms with E-state index in [9.17, 15) is 4.79 Å². The second kappa shape index (κ2) is 8.17. The molecular weight excluding hydrogens is 451 g/mol. The number of halogens is 1. The van der Waals surface area contributed by atoms with Crippen molar-refractivity contribution in [3.8, 4) is 22.9 Å². The fraction of sp³-hybridized carbons (Fsp3) is 0.167. The number of esters is 1. The van der Waals surface area contributed by atoms with Crippen molar-refractivity contribution in [3.05, 3.63) is 57.5 Å². The van der Waals surface area contributed by atoms with E-state index in [1.165, 1.54) is 0 Å². The number of carbonyl (C=O) groups excluding carboxylic acids is 1. The number of methoxy groups -OCH3 is 2. The molecule has 0 bridgehead atoms. The summed E-state index contributed by atoms with van der Waals surface area (Å²) in [5.41, 5.74) is 1.16. The molecule has 7 nitrogen and oxygen atoms in total.